The number of methoxy groups -OCH3 is 1. The summed E-state index contributed by atoms with van der Waals surface area (Å²) in [5, 5.41) is 3.39. The van der Waals surface area contributed by atoms with E-state index in [9.17, 15) is 4.79 Å². The smallest absolute Gasteiger partial charge is 0.223 e. The maximum Gasteiger partial charge on any atom is 0.223 e. The molecule has 0 aliphatic heterocycles. The molecule has 1 amide bonds. The second-order valence-electron chi connectivity index (χ2n) is 5.01. The summed E-state index contributed by atoms with van der Waals surface area (Å²) in [6.45, 7) is 2.90. The van der Waals surface area contributed by atoms with Crippen LogP contribution in [0.3, 0.4) is 0 Å². The molecule has 4 nitrogen and oxygen atoms in total. The van der Waals surface area contributed by atoms with Crippen molar-refractivity contribution in [2.24, 2.45) is 0 Å². The van der Waals surface area contributed by atoms with E-state index >= 15 is 0 Å². The fourth-order valence-corrected chi connectivity index (χ4v) is 1.90. The van der Waals surface area contributed by atoms with E-state index in [0.29, 0.717) is 6.42 Å². The summed E-state index contributed by atoms with van der Waals surface area (Å²) in [6, 6.07) is 0.211. The monoisotopic (exact) mass is 228 g/mol. The van der Waals surface area contributed by atoms with Crippen molar-refractivity contribution in [3.8, 4) is 0 Å². The van der Waals surface area contributed by atoms with Crippen LogP contribution >= 0.6 is 0 Å². The maximum atomic E-state index is 11.5. The molecule has 94 valence electrons. The van der Waals surface area contributed by atoms with Crippen LogP contribution in [-0.4, -0.2) is 50.2 Å². The van der Waals surface area contributed by atoms with Gasteiger partial charge in [-0.3, -0.25) is 4.79 Å². The number of hydrogen-bond acceptors (Lipinski definition) is 3. The molecule has 0 saturated heterocycles. The number of hydrogen-bond donors (Lipinski definition) is 1. The number of carbonyl (C=O) groups excluding carboxylic acids is 1. The van der Waals surface area contributed by atoms with Crippen LogP contribution in [-0.2, 0) is 9.53 Å². The first-order valence-electron chi connectivity index (χ1n) is 5.98. The minimum absolute atomic E-state index is 0.0371. The Morgan fingerprint density at radius 2 is 2.12 bits per heavy atom. The van der Waals surface area contributed by atoms with Gasteiger partial charge in [-0.05, 0) is 26.2 Å². The van der Waals surface area contributed by atoms with Crippen LogP contribution in [0.2, 0.25) is 0 Å². The van der Waals surface area contributed by atoms with Crippen LogP contribution in [0.25, 0.3) is 0 Å². The first kappa shape index (κ1) is 13.5. The molecule has 0 aromatic heterocycles. The van der Waals surface area contributed by atoms with E-state index in [1.807, 2.05) is 6.92 Å². The van der Waals surface area contributed by atoms with Crippen LogP contribution in [0.1, 0.15) is 32.6 Å². The summed E-state index contributed by atoms with van der Waals surface area (Å²) in [4.78, 5) is 13.1. The van der Waals surface area contributed by atoms with Gasteiger partial charge in [-0.2, -0.15) is 0 Å². The second kappa shape index (κ2) is 5.64. The van der Waals surface area contributed by atoms with Gasteiger partial charge in [0.1, 0.15) is 0 Å². The number of ether oxygens (including phenoxy) is 1. The van der Waals surface area contributed by atoms with E-state index in [1.54, 1.807) is 26.1 Å². The molecule has 0 bridgehead atoms. The third kappa shape index (κ3) is 3.46. The standard InChI is InChI=1S/C12H24N2O2/c1-10(8-11(15)14(2)3)13-9-12(16-4)6-5-7-12/h10,13H,5-9H2,1-4H3. The highest BCUT2D eigenvalue weighted by Crippen LogP contribution is 2.34. The summed E-state index contributed by atoms with van der Waals surface area (Å²) in [6.07, 6.45) is 4.06. The highest BCUT2D eigenvalue weighted by molar-refractivity contribution is 5.76. The van der Waals surface area contributed by atoms with Gasteiger partial charge in [0.15, 0.2) is 0 Å². The van der Waals surface area contributed by atoms with Crippen LogP contribution < -0.4 is 5.32 Å². The summed E-state index contributed by atoms with van der Waals surface area (Å²) in [7, 11) is 5.35. The molecule has 4 heteroatoms. The normalized spacial score (nSPS) is 20.0. The molecule has 0 heterocycles. The van der Waals surface area contributed by atoms with E-state index in [0.717, 1.165) is 19.4 Å². The Labute approximate surface area is 98.3 Å². The molecular formula is C12H24N2O2. The Morgan fingerprint density at radius 1 is 1.50 bits per heavy atom. The summed E-state index contributed by atoms with van der Waals surface area (Å²) < 4.78 is 5.52. The van der Waals surface area contributed by atoms with E-state index < -0.39 is 0 Å². The molecular weight excluding hydrogens is 204 g/mol. The van der Waals surface area contributed by atoms with Crippen molar-refractivity contribution in [1.29, 1.82) is 0 Å². The molecule has 1 fully saturated rings. The zero-order valence-electron chi connectivity index (χ0n) is 10.9. The van der Waals surface area contributed by atoms with Gasteiger partial charge in [-0.15, -0.1) is 0 Å². The first-order valence-corrected chi connectivity index (χ1v) is 5.98. The zero-order chi connectivity index (χ0) is 12.2. The second-order valence-corrected chi connectivity index (χ2v) is 5.01. The van der Waals surface area contributed by atoms with Gasteiger partial charge in [0.25, 0.3) is 0 Å². The topological polar surface area (TPSA) is 41.6 Å². The van der Waals surface area contributed by atoms with Gasteiger partial charge in [-0.25, -0.2) is 0 Å². The van der Waals surface area contributed by atoms with Crippen LogP contribution in [0.5, 0.6) is 0 Å². The third-order valence-electron chi connectivity index (χ3n) is 3.45. The molecule has 1 rings (SSSR count). The van der Waals surface area contributed by atoms with E-state index in [2.05, 4.69) is 5.32 Å². The van der Waals surface area contributed by atoms with Gasteiger partial charge in [0.05, 0.1) is 5.60 Å². The highest BCUT2D eigenvalue weighted by atomic mass is 16.5. The molecule has 0 radical (unpaired) electrons. The number of carbonyl (C=O) groups is 1. The average Bonchev–Trinajstić information content (AvgIpc) is 2.16. The Bertz CT molecular complexity index is 232. The predicted octanol–water partition coefficient (Wildman–Crippen LogP) is 1.01. The lowest BCUT2D eigenvalue weighted by Crippen LogP contribution is -2.50. The molecule has 1 saturated carbocycles. The number of amides is 1. The maximum absolute atomic E-state index is 11.5. The largest absolute Gasteiger partial charge is 0.377 e. The highest BCUT2D eigenvalue weighted by Gasteiger charge is 2.36. The third-order valence-corrected chi connectivity index (χ3v) is 3.45. The molecule has 0 aromatic carbocycles. The predicted molar refractivity (Wildman–Crippen MR) is 64.4 cm³/mol. The number of rotatable bonds is 6. The SMILES string of the molecule is COC1(CNC(C)CC(=O)N(C)C)CCC1. The molecule has 1 N–H and O–H groups in total. The van der Waals surface area contributed by atoms with Crippen molar-refractivity contribution in [1.82, 2.24) is 10.2 Å². The molecule has 1 atom stereocenters. The molecule has 1 aliphatic carbocycles. The van der Waals surface area contributed by atoms with E-state index in [4.69, 9.17) is 4.74 Å². The van der Waals surface area contributed by atoms with Gasteiger partial charge < -0.3 is 15.0 Å². The summed E-state index contributed by atoms with van der Waals surface area (Å²) >= 11 is 0. The van der Waals surface area contributed by atoms with E-state index in [-0.39, 0.29) is 17.6 Å². The van der Waals surface area contributed by atoms with Crippen molar-refractivity contribution in [3.63, 3.8) is 0 Å². The van der Waals surface area contributed by atoms with Crippen molar-refractivity contribution in [2.45, 2.75) is 44.2 Å². The number of nitrogens with one attached hydrogen (secondary N) is 1. The lowest BCUT2D eigenvalue weighted by atomic mass is 9.80. The minimum atomic E-state index is 0.0371. The summed E-state index contributed by atoms with van der Waals surface area (Å²) in [5.41, 5.74) is 0.0371. The van der Waals surface area contributed by atoms with Crippen LogP contribution in [0, 0.1) is 0 Å². The lowest BCUT2D eigenvalue weighted by molar-refractivity contribution is -0.129. The van der Waals surface area contributed by atoms with Crippen LogP contribution in [0.15, 0.2) is 0 Å². The van der Waals surface area contributed by atoms with Gasteiger partial charge in [0, 0.05) is 40.2 Å². The quantitative estimate of drug-likeness (QED) is 0.738. The first-order chi connectivity index (χ1) is 7.49. The van der Waals surface area contributed by atoms with Crippen molar-refractivity contribution in [3.05, 3.63) is 0 Å². The number of nitrogens with zero attached hydrogens (tertiary/aromatic N) is 1. The molecule has 0 spiro atoms. The van der Waals surface area contributed by atoms with Crippen molar-refractivity contribution in [2.75, 3.05) is 27.7 Å². The Balaban J connectivity index is 2.24. The van der Waals surface area contributed by atoms with Crippen LogP contribution in [0.4, 0.5) is 0 Å². The lowest BCUT2D eigenvalue weighted by Gasteiger charge is -2.41. The fourth-order valence-electron chi connectivity index (χ4n) is 1.90. The van der Waals surface area contributed by atoms with Crippen molar-refractivity contribution < 1.29 is 9.53 Å². The minimum Gasteiger partial charge on any atom is -0.377 e. The van der Waals surface area contributed by atoms with Gasteiger partial charge in [0.2, 0.25) is 5.91 Å². The Morgan fingerprint density at radius 3 is 2.50 bits per heavy atom. The Kier molecular flexibility index (Phi) is 4.74. The Hall–Kier alpha value is -0.610. The van der Waals surface area contributed by atoms with Gasteiger partial charge in [-0.1, -0.05) is 0 Å². The molecule has 1 unspecified atom stereocenters. The fraction of sp³-hybridized carbons (Fsp3) is 0.917. The zero-order valence-corrected chi connectivity index (χ0v) is 10.9. The summed E-state index contributed by atoms with van der Waals surface area (Å²) in [5.74, 6) is 0.167. The molecule has 16 heavy (non-hydrogen) atoms. The average molecular weight is 228 g/mol. The molecule has 0 aromatic rings. The van der Waals surface area contributed by atoms with Crippen molar-refractivity contribution >= 4 is 5.91 Å². The van der Waals surface area contributed by atoms with Gasteiger partial charge >= 0.3 is 0 Å². The molecule has 1 aliphatic rings. The van der Waals surface area contributed by atoms with E-state index in [1.165, 1.54) is 6.42 Å².